The highest BCUT2D eigenvalue weighted by molar-refractivity contribution is 5.87. The third-order valence-corrected chi connectivity index (χ3v) is 12.4. The Morgan fingerprint density at radius 2 is 0.818 bits per heavy atom. The van der Waals surface area contributed by atoms with Gasteiger partial charge in [0.1, 0.15) is 31.1 Å². The smallest absolute Gasteiger partial charge is 0.326 e. The zero-order valence-corrected chi connectivity index (χ0v) is 45.7. The third kappa shape index (κ3) is 44.1. The number of ether oxygens (including phenoxy) is 4. The van der Waals surface area contributed by atoms with Gasteiger partial charge in [-0.3, -0.25) is 43.2 Å². The molecular weight excluding hydrogens is 1010 g/mol. The predicted octanol–water partition coefficient (Wildman–Crippen LogP) is 3.87. The number of rotatable bonds is 54. The van der Waals surface area contributed by atoms with Crippen molar-refractivity contribution in [2.45, 2.75) is 186 Å². The Labute approximate surface area is 453 Å². The number of carbonyl (C=O) groups excluding carboxylic acids is 7. The van der Waals surface area contributed by atoms with Gasteiger partial charge in [0.2, 0.25) is 29.5 Å². The number of carboxylic acid groups (broad SMARTS) is 4. The van der Waals surface area contributed by atoms with Crippen LogP contribution in [0.5, 0.6) is 0 Å². The summed E-state index contributed by atoms with van der Waals surface area (Å²) in [6, 6.07) is -2.56. The minimum atomic E-state index is -1.38. The van der Waals surface area contributed by atoms with E-state index in [1.807, 2.05) is 6.92 Å². The Morgan fingerprint density at radius 1 is 0.390 bits per heavy atom. The second-order valence-corrected chi connectivity index (χ2v) is 19.0. The summed E-state index contributed by atoms with van der Waals surface area (Å²) in [6.07, 6.45) is 13.9. The first-order valence-corrected chi connectivity index (χ1v) is 27.5. The van der Waals surface area contributed by atoms with Crippen molar-refractivity contribution in [3.63, 3.8) is 0 Å². The van der Waals surface area contributed by atoms with Crippen LogP contribution in [0.4, 0.5) is 0 Å². The number of carbonyl (C=O) groups is 11. The molecule has 77 heavy (non-hydrogen) atoms. The molecule has 9 N–H and O–H groups in total. The first-order valence-electron chi connectivity index (χ1n) is 27.5. The lowest BCUT2D eigenvalue weighted by molar-refractivity contribution is -0.145. The molecule has 0 spiro atoms. The molecular formula is C53H91N5O19. The molecule has 0 heterocycles. The van der Waals surface area contributed by atoms with E-state index in [1.54, 1.807) is 6.92 Å². The van der Waals surface area contributed by atoms with E-state index < -0.39 is 84.3 Å². The Morgan fingerprint density at radius 3 is 1.29 bits per heavy atom. The molecule has 0 rings (SSSR count). The first-order chi connectivity index (χ1) is 36.9. The fraction of sp³-hybridized carbons (Fsp3) is 0.792. The maximum atomic E-state index is 12.5. The average Bonchev–Trinajstić information content (AvgIpc) is 3.37. The van der Waals surface area contributed by atoms with E-state index in [0.29, 0.717) is 19.4 Å². The van der Waals surface area contributed by atoms with Crippen molar-refractivity contribution in [1.82, 2.24) is 26.6 Å². The third-order valence-electron chi connectivity index (χ3n) is 12.4. The topological polar surface area (TPSA) is 366 Å². The molecule has 5 amide bonds. The van der Waals surface area contributed by atoms with Gasteiger partial charge < -0.3 is 66.0 Å². The van der Waals surface area contributed by atoms with E-state index in [0.717, 1.165) is 89.9 Å². The van der Waals surface area contributed by atoms with Crippen molar-refractivity contribution in [3.05, 3.63) is 0 Å². The number of aliphatic carboxylic acids is 4. The Balaban J connectivity index is 3.99. The van der Waals surface area contributed by atoms with Crippen molar-refractivity contribution in [3.8, 4) is 0 Å². The lowest BCUT2D eigenvalue weighted by Gasteiger charge is -2.16. The van der Waals surface area contributed by atoms with Crippen LogP contribution < -0.4 is 26.6 Å². The van der Waals surface area contributed by atoms with Crippen LogP contribution in [0.2, 0.25) is 0 Å². The van der Waals surface area contributed by atoms with Crippen LogP contribution in [0, 0.1) is 11.8 Å². The summed E-state index contributed by atoms with van der Waals surface area (Å²) in [4.78, 5) is 131. The molecule has 0 saturated heterocycles. The van der Waals surface area contributed by atoms with E-state index in [1.165, 1.54) is 0 Å². The number of unbranched alkanes of at least 4 members (excludes halogenated alkanes) is 12. The molecule has 0 aromatic carbocycles. The summed E-state index contributed by atoms with van der Waals surface area (Å²) in [5, 5.41) is 50.1. The van der Waals surface area contributed by atoms with Crippen molar-refractivity contribution >= 4 is 65.0 Å². The SMILES string of the molecule is CC[C@@H](CCCCNC(=O)CC[C@H](NC(=O)CC[C@H](CC(=O)COCCOCCNC(=O)COCCOCCNC(=O)CC[C@H](NC(=O)CCCCCCCCCCCCCCC(=O)O)C(=O)O)C(=O)O)C(=O)O)C(C)=O. The van der Waals surface area contributed by atoms with Gasteiger partial charge in [0.25, 0.3) is 0 Å². The normalized spacial score (nSPS) is 12.6. The number of amides is 5. The second kappa shape index (κ2) is 47.6. The Hall–Kier alpha value is -5.59. The molecule has 0 radical (unpaired) electrons. The average molecular weight is 1100 g/mol. The van der Waals surface area contributed by atoms with Crippen molar-refractivity contribution in [1.29, 1.82) is 0 Å². The highest BCUT2D eigenvalue weighted by atomic mass is 16.5. The monoisotopic (exact) mass is 1100 g/mol. The Bertz CT molecular complexity index is 1750. The summed E-state index contributed by atoms with van der Waals surface area (Å²) in [5.41, 5.74) is 0. The van der Waals surface area contributed by atoms with Crippen LogP contribution in [-0.2, 0) is 71.7 Å². The van der Waals surface area contributed by atoms with E-state index in [4.69, 9.17) is 24.1 Å². The van der Waals surface area contributed by atoms with Crippen LogP contribution in [0.1, 0.15) is 174 Å². The van der Waals surface area contributed by atoms with Crippen LogP contribution in [0.25, 0.3) is 0 Å². The van der Waals surface area contributed by atoms with Crippen molar-refractivity contribution in [2.24, 2.45) is 11.8 Å². The summed E-state index contributed by atoms with van der Waals surface area (Å²) in [7, 11) is 0. The highest BCUT2D eigenvalue weighted by Gasteiger charge is 2.26. The lowest BCUT2D eigenvalue weighted by Crippen LogP contribution is -2.42. The molecule has 4 atom stereocenters. The van der Waals surface area contributed by atoms with Gasteiger partial charge in [-0.15, -0.1) is 0 Å². The van der Waals surface area contributed by atoms with E-state index in [-0.39, 0.29) is 128 Å². The van der Waals surface area contributed by atoms with Crippen molar-refractivity contribution < 1.29 is 92.1 Å². The standard InChI is InChI=1S/C53H91N5O19/c1-3-40(39(2)59)18-16-17-27-54-45(61)25-22-44(53(72)73)58-48(64)24-21-41(51(68)69)36-42(60)37-76-34-32-75-31-29-56-49(65)38-77-35-33-74-30-28-55-46(62)26-23-43(52(70)71)57-47(63)19-14-12-10-8-6-4-5-7-9-11-13-15-20-50(66)67/h40-41,43-44H,3-38H2,1-2H3,(H,54,61)(H,55,62)(H,56,65)(H,57,63)(H,58,64)(H,66,67)(H,68,69)(H,70,71)(H,72,73)/t40-,41+,43-,44-/m0/s1. The molecule has 442 valence electrons. The molecule has 0 aromatic heterocycles. The number of hydrogen-bond acceptors (Lipinski definition) is 15. The van der Waals surface area contributed by atoms with Crippen LogP contribution in [0.15, 0.2) is 0 Å². The maximum Gasteiger partial charge on any atom is 0.326 e. The van der Waals surface area contributed by atoms with Crippen LogP contribution >= 0.6 is 0 Å². The minimum Gasteiger partial charge on any atom is -0.481 e. The fourth-order valence-corrected chi connectivity index (χ4v) is 7.86. The summed E-state index contributed by atoms with van der Waals surface area (Å²) < 4.78 is 21.3. The number of Topliss-reactive ketones (excluding diaryl/α,β-unsaturated/α-hetero) is 2. The van der Waals surface area contributed by atoms with Gasteiger partial charge in [-0.05, 0) is 58.3 Å². The molecule has 0 aliphatic heterocycles. The summed E-state index contributed by atoms with van der Waals surface area (Å²) in [5.74, 6) is -8.56. The maximum absolute atomic E-state index is 12.5. The Kier molecular flexibility index (Phi) is 44.2. The molecule has 0 bridgehead atoms. The summed E-state index contributed by atoms with van der Waals surface area (Å²) >= 11 is 0. The van der Waals surface area contributed by atoms with E-state index in [2.05, 4.69) is 26.6 Å². The van der Waals surface area contributed by atoms with Gasteiger partial charge in [-0.2, -0.15) is 0 Å². The first kappa shape index (κ1) is 71.4. The molecule has 24 nitrogen and oxygen atoms in total. The zero-order chi connectivity index (χ0) is 57.5. The van der Waals surface area contributed by atoms with Crippen LogP contribution in [-0.4, -0.2) is 170 Å². The minimum absolute atomic E-state index is 0.000929. The molecule has 0 aromatic rings. The highest BCUT2D eigenvalue weighted by Crippen LogP contribution is 2.16. The number of carboxylic acids is 4. The van der Waals surface area contributed by atoms with Crippen LogP contribution in [0.3, 0.4) is 0 Å². The van der Waals surface area contributed by atoms with Gasteiger partial charge in [0.15, 0.2) is 5.78 Å². The van der Waals surface area contributed by atoms with E-state index in [9.17, 15) is 68.1 Å². The number of hydrogen-bond donors (Lipinski definition) is 9. The van der Waals surface area contributed by atoms with Gasteiger partial charge in [0, 0.05) is 64.1 Å². The molecule has 0 aliphatic rings. The second-order valence-electron chi connectivity index (χ2n) is 19.0. The predicted molar refractivity (Wildman–Crippen MR) is 280 cm³/mol. The van der Waals surface area contributed by atoms with Gasteiger partial charge >= 0.3 is 23.9 Å². The molecule has 0 unspecified atom stereocenters. The fourth-order valence-electron chi connectivity index (χ4n) is 7.86. The molecule has 0 aliphatic carbocycles. The van der Waals surface area contributed by atoms with Crippen molar-refractivity contribution in [2.75, 3.05) is 72.5 Å². The van der Waals surface area contributed by atoms with E-state index >= 15 is 0 Å². The molecule has 0 saturated carbocycles. The number of nitrogens with one attached hydrogen (secondary N) is 5. The molecule has 24 heteroatoms. The largest absolute Gasteiger partial charge is 0.481 e. The van der Waals surface area contributed by atoms with Gasteiger partial charge in [-0.1, -0.05) is 77.6 Å². The molecule has 0 fully saturated rings. The lowest BCUT2D eigenvalue weighted by atomic mass is 9.95. The quantitative estimate of drug-likeness (QED) is 0.0390. The van der Waals surface area contributed by atoms with Gasteiger partial charge in [-0.25, -0.2) is 9.59 Å². The zero-order valence-electron chi connectivity index (χ0n) is 45.7. The summed E-state index contributed by atoms with van der Waals surface area (Å²) in [6.45, 7) is 4.10. The van der Waals surface area contributed by atoms with Gasteiger partial charge in [0.05, 0.1) is 45.6 Å². The number of ketones is 2.